The molecule has 1 amide bonds. The van der Waals surface area contributed by atoms with Crippen molar-refractivity contribution in [3.8, 4) is 11.5 Å². The number of benzene rings is 3. The Labute approximate surface area is 231 Å². The molecule has 0 spiro atoms. The van der Waals surface area contributed by atoms with Gasteiger partial charge in [-0.25, -0.2) is 0 Å². The smallest absolute Gasteiger partial charge is 0.232 e. The van der Waals surface area contributed by atoms with Crippen LogP contribution >= 0.6 is 11.6 Å². The van der Waals surface area contributed by atoms with Gasteiger partial charge in [0, 0.05) is 55.3 Å². The van der Waals surface area contributed by atoms with Crippen LogP contribution in [0.2, 0.25) is 5.02 Å². The summed E-state index contributed by atoms with van der Waals surface area (Å²) < 4.78 is 12.0. The molecule has 4 rings (SSSR count). The normalized spacial score (nSPS) is 15.6. The number of fused-ring (bicyclic) bond motifs is 1. The van der Waals surface area contributed by atoms with E-state index in [1.165, 1.54) is 0 Å². The molecule has 0 aliphatic carbocycles. The van der Waals surface area contributed by atoms with Gasteiger partial charge in [-0.3, -0.25) is 4.79 Å². The second kappa shape index (κ2) is 11.6. The van der Waals surface area contributed by atoms with Crippen molar-refractivity contribution < 1.29 is 14.3 Å². The molecule has 1 aliphatic heterocycles. The van der Waals surface area contributed by atoms with Gasteiger partial charge in [-0.15, -0.1) is 0 Å². The molecule has 0 bridgehead atoms. The number of carbonyl (C=O) groups is 1. The molecule has 1 aliphatic rings. The average Bonchev–Trinajstić information content (AvgIpc) is 2.91. The number of anilines is 3. The molecule has 38 heavy (non-hydrogen) atoms. The summed E-state index contributed by atoms with van der Waals surface area (Å²) in [4.78, 5) is 20.0. The first-order valence-electron chi connectivity index (χ1n) is 13.2. The molecule has 2 atom stereocenters. The maximum atomic E-state index is 13.9. The van der Waals surface area contributed by atoms with Crippen LogP contribution < -0.4 is 24.2 Å². The Kier molecular flexibility index (Phi) is 8.41. The maximum absolute atomic E-state index is 13.9. The highest BCUT2D eigenvalue weighted by Gasteiger charge is 2.37. The Bertz CT molecular complexity index is 1290. The van der Waals surface area contributed by atoms with E-state index in [9.17, 15) is 4.79 Å². The van der Waals surface area contributed by atoms with E-state index in [2.05, 4.69) is 24.8 Å². The van der Waals surface area contributed by atoms with Gasteiger partial charge < -0.3 is 24.2 Å². The second-order valence-corrected chi connectivity index (χ2v) is 10.4. The summed E-state index contributed by atoms with van der Waals surface area (Å²) in [6.45, 7) is 7.04. The molecule has 6 nitrogen and oxygen atoms in total. The van der Waals surface area contributed by atoms with Gasteiger partial charge in [-0.2, -0.15) is 0 Å². The molecule has 7 heteroatoms. The second-order valence-electron chi connectivity index (χ2n) is 10.0. The van der Waals surface area contributed by atoms with Gasteiger partial charge in [0.25, 0.3) is 0 Å². The number of carbonyl (C=O) groups excluding carboxylic acids is 1. The zero-order chi connectivity index (χ0) is 27.6. The van der Waals surface area contributed by atoms with Crippen LogP contribution in [0.15, 0.2) is 54.6 Å². The number of ether oxygens (including phenoxy) is 2. The van der Waals surface area contributed by atoms with Crippen LogP contribution in [-0.2, 0) is 11.2 Å². The fraction of sp³-hybridized carbons (Fsp3) is 0.387. The van der Waals surface area contributed by atoms with Gasteiger partial charge >= 0.3 is 0 Å². The highest BCUT2D eigenvalue weighted by atomic mass is 35.5. The Hall–Kier alpha value is -3.38. The Morgan fingerprint density at radius 3 is 2.32 bits per heavy atom. The molecule has 0 aromatic heterocycles. The zero-order valence-electron chi connectivity index (χ0n) is 23.4. The summed E-state index contributed by atoms with van der Waals surface area (Å²) in [6.07, 6.45) is 1.17. The Morgan fingerprint density at radius 1 is 1.00 bits per heavy atom. The number of hydrogen-bond donors (Lipinski definition) is 0. The Balaban J connectivity index is 1.97. The molecule has 0 N–H and O–H groups in total. The van der Waals surface area contributed by atoms with E-state index in [0.29, 0.717) is 16.5 Å². The zero-order valence-corrected chi connectivity index (χ0v) is 24.2. The minimum absolute atomic E-state index is 0.0256. The molecule has 1 unspecified atom stereocenters. The molecular formula is C31H38ClN3O3. The molecule has 3 aromatic carbocycles. The molecule has 3 aromatic rings. The first-order chi connectivity index (χ1) is 18.2. The van der Waals surface area contributed by atoms with Crippen LogP contribution in [0.5, 0.6) is 11.5 Å². The van der Waals surface area contributed by atoms with E-state index in [1.807, 2.05) is 86.4 Å². The molecule has 1 heterocycles. The van der Waals surface area contributed by atoms with Gasteiger partial charge in [0.15, 0.2) is 11.5 Å². The SMILES string of the molecule is CC[C@@H](C)Oc1cc2c(cc1OC)CC(=O)N(c1ccc(N(C)C)cc1)C2c1ccc(Cl)cc1N(C)CC. The van der Waals surface area contributed by atoms with E-state index < -0.39 is 0 Å². The largest absolute Gasteiger partial charge is 0.493 e. The summed E-state index contributed by atoms with van der Waals surface area (Å²) in [6, 6.07) is 17.7. The van der Waals surface area contributed by atoms with E-state index in [1.54, 1.807) is 7.11 Å². The van der Waals surface area contributed by atoms with E-state index in [4.69, 9.17) is 21.1 Å². The lowest BCUT2D eigenvalue weighted by Crippen LogP contribution is -2.41. The van der Waals surface area contributed by atoms with Crippen LogP contribution in [0, 0.1) is 0 Å². The molecular weight excluding hydrogens is 498 g/mol. The van der Waals surface area contributed by atoms with Crippen molar-refractivity contribution in [2.45, 2.75) is 45.8 Å². The van der Waals surface area contributed by atoms with Crippen LogP contribution in [0.3, 0.4) is 0 Å². The van der Waals surface area contributed by atoms with Crippen LogP contribution in [0.1, 0.15) is 49.9 Å². The molecule has 0 radical (unpaired) electrons. The fourth-order valence-electron chi connectivity index (χ4n) is 4.87. The summed E-state index contributed by atoms with van der Waals surface area (Å²) in [5, 5.41) is 0.656. The highest BCUT2D eigenvalue weighted by Crippen LogP contribution is 2.46. The number of methoxy groups -OCH3 is 1. The lowest BCUT2D eigenvalue weighted by molar-refractivity contribution is -0.118. The van der Waals surface area contributed by atoms with Crippen molar-refractivity contribution in [1.82, 2.24) is 0 Å². The van der Waals surface area contributed by atoms with Gasteiger partial charge in [0.05, 0.1) is 25.7 Å². The fourth-order valence-corrected chi connectivity index (χ4v) is 5.03. The summed E-state index contributed by atoms with van der Waals surface area (Å²) in [5.74, 6) is 1.35. The number of nitrogens with zero attached hydrogens (tertiary/aromatic N) is 3. The lowest BCUT2D eigenvalue weighted by Gasteiger charge is -2.40. The topological polar surface area (TPSA) is 45.3 Å². The third kappa shape index (κ3) is 5.41. The van der Waals surface area contributed by atoms with Crippen molar-refractivity contribution >= 4 is 34.6 Å². The van der Waals surface area contributed by atoms with E-state index in [0.717, 1.165) is 46.7 Å². The average molecular weight is 536 g/mol. The third-order valence-corrected chi connectivity index (χ3v) is 7.54. The first-order valence-corrected chi connectivity index (χ1v) is 13.5. The number of halogens is 1. The predicted molar refractivity (Wildman–Crippen MR) is 158 cm³/mol. The van der Waals surface area contributed by atoms with Gasteiger partial charge in [-0.1, -0.05) is 24.6 Å². The molecule has 0 saturated heterocycles. The Morgan fingerprint density at radius 2 is 1.71 bits per heavy atom. The van der Waals surface area contributed by atoms with Crippen molar-refractivity contribution in [1.29, 1.82) is 0 Å². The van der Waals surface area contributed by atoms with Crippen molar-refractivity contribution in [3.05, 3.63) is 76.3 Å². The summed E-state index contributed by atoms with van der Waals surface area (Å²) in [5.41, 5.74) is 5.87. The van der Waals surface area contributed by atoms with Crippen LogP contribution in [-0.4, -0.2) is 46.8 Å². The van der Waals surface area contributed by atoms with Crippen molar-refractivity contribution in [2.75, 3.05) is 49.5 Å². The minimum atomic E-state index is -0.372. The van der Waals surface area contributed by atoms with Gasteiger partial charge in [-0.05, 0) is 79.9 Å². The monoisotopic (exact) mass is 535 g/mol. The van der Waals surface area contributed by atoms with E-state index in [-0.39, 0.29) is 24.5 Å². The number of amides is 1. The van der Waals surface area contributed by atoms with E-state index >= 15 is 0 Å². The lowest BCUT2D eigenvalue weighted by atomic mass is 9.86. The standard InChI is InChI=1S/C31H38ClN3O3/c1-8-20(3)38-29-19-26-21(16-28(29)37-7)17-30(36)35(24-13-11-23(12-14-24)33(4)5)31(26)25-15-10-22(32)18-27(25)34(6)9-2/h10-16,18-20,31H,8-9,17H2,1-7H3/t20-,31?/m1/s1. The first kappa shape index (κ1) is 27.6. The van der Waals surface area contributed by atoms with Crippen molar-refractivity contribution in [2.24, 2.45) is 0 Å². The molecule has 202 valence electrons. The summed E-state index contributed by atoms with van der Waals surface area (Å²) >= 11 is 6.48. The van der Waals surface area contributed by atoms with Gasteiger partial charge in [0.1, 0.15) is 0 Å². The van der Waals surface area contributed by atoms with Crippen LogP contribution in [0.4, 0.5) is 17.1 Å². The number of rotatable bonds is 9. The van der Waals surface area contributed by atoms with Gasteiger partial charge in [0.2, 0.25) is 5.91 Å². The third-order valence-electron chi connectivity index (χ3n) is 7.31. The predicted octanol–water partition coefficient (Wildman–Crippen LogP) is 6.73. The summed E-state index contributed by atoms with van der Waals surface area (Å²) in [7, 11) is 7.70. The maximum Gasteiger partial charge on any atom is 0.232 e. The molecule has 0 saturated carbocycles. The minimum Gasteiger partial charge on any atom is -0.493 e. The highest BCUT2D eigenvalue weighted by molar-refractivity contribution is 6.30. The quantitative estimate of drug-likeness (QED) is 0.304. The molecule has 0 fully saturated rings. The number of hydrogen-bond acceptors (Lipinski definition) is 5. The van der Waals surface area contributed by atoms with Crippen LogP contribution in [0.25, 0.3) is 0 Å². The van der Waals surface area contributed by atoms with Crippen molar-refractivity contribution in [3.63, 3.8) is 0 Å².